The summed E-state index contributed by atoms with van der Waals surface area (Å²) in [5, 5.41) is 9.52. The van der Waals surface area contributed by atoms with Gasteiger partial charge in [0.05, 0.1) is 12.7 Å². The number of nitrogens with zero attached hydrogens (tertiary/aromatic N) is 3. The molecule has 0 fully saturated rings. The first kappa shape index (κ1) is 19.0. The van der Waals surface area contributed by atoms with Crippen molar-refractivity contribution in [1.82, 2.24) is 10.2 Å². The predicted molar refractivity (Wildman–Crippen MR) is 105 cm³/mol. The van der Waals surface area contributed by atoms with E-state index in [4.69, 9.17) is 4.74 Å². The van der Waals surface area contributed by atoms with Crippen LogP contribution in [0.1, 0.15) is 24.2 Å². The molecule has 0 unspecified atom stereocenters. The molecular formula is C20H20FN3O2S. The Hall–Kier alpha value is -2.80. The van der Waals surface area contributed by atoms with E-state index in [1.807, 2.05) is 19.9 Å². The predicted octanol–water partition coefficient (Wildman–Crippen LogP) is 4.66. The van der Waals surface area contributed by atoms with Crippen LogP contribution in [0.15, 0.2) is 48.5 Å². The number of para-hydroxylation sites is 1. The number of amides is 1. The zero-order valence-corrected chi connectivity index (χ0v) is 16.2. The summed E-state index contributed by atoms with van der Waals surface area (Å²) in [6.07, 6.45) is 0. The fourth-order valence-electron chi connectivity index (χ4n) is 2.61. The first-order valence-electron chi connectivity index (χ1n) is 8.54. The van der Waals surface area contributed by atoms with Crippen molar-refractivity contribution in [2.24, 2.45) is 5.92 Å². The van der Waals surface area contributed by atoms with Crippen molar-refractivity contribution in [2.75, 3.05) is 18.6 Å². The lowest BCUT2D eigenvalue weighted by Gasteiger charge is -2.22. The number of methoxy groups -OCH3 is 1. The number of carbonyl (C=O) groups excluding carboxylic acids is 1. The highest BCUT2D eigenvalue weighted by Gasteiger charge is 2.25. The van der Waals surface area contributed by atoms with Crippen molar-refractivity contribution < 1.29 is 13.9 Å². The maximum atomic E-state index is 13.2. The highest BCUT2D eigenvalue weighted by Crippen LogP contribution is 2.31. The highest BCUT2D eigenvalue weighted by molar-refractivity contribution is 7.18. The van der Waals surface area contributed by atoms with Gasteiger partial charge in [0, 0.05) is 12.1 Å². The van der Waals surface area contributed by atoms with Gasteiger partial charge in [0.1, 0.15) is 16.6 Å². The average Bonchev–Trinajstić information content (AvgIpc) is 3.15. The van der Waals surface area contributed by atoms with Crippen molar-refractivity contribution in [1.29, 1.82) is 0 Å². The number of halogens is 1. The number of hydrogen-bond donors (Lipinski definition) is 0. The molecule has 1 aromatic heterocycles. The molecule has 3 aromatic rings. The molecule has 140 valence electrons. The molecule has 1 heterocycles. The Balaban J connectivity index is 1.96. The third-order valence-electron chi connectivity index (χ3n) is 3.87. The summed E-state index contributed by atoms with van der Waals surface area (Å²) in [4.78, 5) is 14.8. The van der Waals surface area contributed by atoms with Crippen molar-refractivity contribution in [2.45, 2.75) is 13.8 Å². The average molecular weight is 385 g/mol. The number of rotatable bonds is 6. The van der Waals surface area contributed by atoms with Gasteiger partial charge in [0.25, 0.3) is 5.91 Å². The van der Waals surface area contributed by atoms with Crippen LogP contribution >= 0.6 is 11.3 Å². The van der Waals surface area contributed by atoms with E-state index in [1.165, 1.54) is 30.6 Å². The quantitative estimate of drug-likeness (QED) is 0.619. The van der Waals surface area contributed by atoms with Crippen LogP contribution < -0.4 is 9.64 Å². The molecule has 0 aliphatic carbocycles. The van der Waals surface area contributed by atoms with E-state index in [0.717, 1.165) is 5.56 Å². The fourth-order valence-corrected chi connectivity index (χ4v) is 3.47. The summed E-state index contributed by atoms with van der Waals surface area (Å²) in [6.45, 7) is 4.56. The van der Waals surface area contributed by atoms with Crippen molar-refractivity contribution in [3.05, 3.63) is 59.9 Å². The standard InChI is InChI=1S/C20H20FN3O2S/c1-13(2)12-24(19(25)16-6-4-5-7-17(16)26-3)20-23-22-18(27-20)14-8-10-15(21)11-9-14/h4-11,13H,12H2,1-3H3. The molecule has 0 atom stereocenters. The molecule has 0 radical (unpaired) electrons. The molecule has 0 saturated heterocycles. The molecule has 7 heteroatoms. The minimum atomic E-state index is -0.309. The second-order valence-electron chi connectivity index (χ2n) is 6.41. The SMILES string of the molecule is COc1ccccc1C(=O)N(CC(C)C)c1nnc(-c2ccc(F)cc2)s1. The smallest absolute Gasteiger partial charge is 0.263 e. The van der Waals surface area contributed by atoms with Crippen molar-refractivity contribution in [3.63, 3.8) is 0 Å². The van der Waals surface area contributed by atoms with E-state index < -0.39 is 0 Å². The topological polar surface area (TPSA) is 55.3 Å². The van der Waals surface area contributed by atoms with E-state index in [-0.39, 0.29) is 17.6 Å². The van der Waals surface area contributed by atoms with Crippen LogP contribution in [0.5, 0.6) is 5.75 Å². The maximum Gasteiger partial charge on any atom is 0.263 e. The highest BCUT2D eigenvalue weighted by atomic mass is 32.1. The van der Waals surface area contributed by atoms with Crippen molar-refractivity contribution in [3.8, 4) is 16.3 Å². The molecule has 0 spiro atoms. The molecule has 27 heavy (non-hydrogen) atoms. The van der Waals surface area contributed by atoms with E-state index in [0.29, 0.717) is 28.0 Å². The maximum absolute atomic E-state index is 13.2. The summed E-state index contributed by atoms with van der Waals surface area (Å²) in [5.41, 5.74) is 1.23. The lowest BCUT2D eigenvalue weighted by molar-refractivity contribution is 0.0980. The van der Waals surface area contributed by atoms with Gasteiger partial charge in [0.2, 0.25) is 5.13 Å². The Labute approximate surface area is 161 Å². The molecule has 0 aliphatic heterocycles. The van der Waals surface area contributed by atoms with Crippen LogP contribution in [0.3, 0.4) is 0 Å². The minimum Gasteiger partial charge on any atom is -0.496 e. The molecule has 1 amide bonds. The molecule has 2 aromatic carbocycles. The van der Waals surface area contributed by atoms with Gasteiger partial charge in [-0.15, -0.1) is 10.2 Å². The third kappa shape index (κ3) is 4.31. The van der Waals surface area contributed by atoms with Crippen molar-refractivity contribution >= 4 is 22.4 Å². The van der Waals surface area contributed by atoms with Gasteiger partial charge in [-0.1, -0.05) is 37.3 Å². The number of aromatic nitrogens is 2. The molecule has 3 rings (SSSR count). The zero-order valence-electron chi connectivity index (χ0n) is 15.3. The van der Waals surface area contributed by atoms with Gasteiger partial charge >= 0.3 is 0 Å². The van der Waals surface area contributed by atoms with E-state index >= 15 is 0 Å². The second kappa shape index (κ2) is 8.26. The lowest BCUT2D eigenvalue weighted by atomic mass is 10.1. The Kier molecular flexibility index (Phi) is 5.81. The van der Waals surface area contributed by atoms with E-state index in [9.17, 15) is 9.18 Å². The van der Waals surface area contributed by atoms with Crippen LogP contribution in [-0.2, 0) is 0 Å². The molecule has 0 N–H and O–H groups in total. The van der Waals surface area contributed by atoms with Crippen LogP contribution in [0.25, 0.3) is 10.6 Å². The third-order valence-corrected chi connectivity index (χ3v) is 4.86. The first-order valence-corrected chi connectivity index (χ1v) is 9.35. The Morgan fingerprint density at radius 3 is 2.52 bits per heavy atom. The molecular weight excluding hydrogens is 365 g/mol. The summed E-state index contributed by atoms with van der Waals surface area (Å²) < 4.78 is 18.5. The van der Waals surface area contributed by atoms with Gasteiger partial charge in [-0.25, -0.2) is 4.39 Å². The summed E-state index contributed by atoms with van der Waals surface area (Å²) in [5.74, 6) is 0.251. The lowest BCUT2D eigenvalue weighted by Crippen LogP contribution is -2.34. The van der Waals surface area contributed by atoms with Gasteiger partial charge in [-0.05, 0) is 42.3 Å². The van der Waals surface area contributed by atoms with E-state index in [2.05, 4.69) is 10.2 Å². The molecule has 0 aliphatic rings. The zero-order chi connectivity index (χ0) is 19.4. The van der Waals surface area contributed by atoms with Crippen LogP contribution in [0.4, 0.5) is 9.52 Å². The van der Waals surface area contributed by atoms with Gasteiger partial charge in [-0.3, -0.25) is 9.69 Å². The largest absolute Gasteiger partial charge is 0.496 e. The molecule has 0 bridgehead atoms. The van der Waals surface area contributed by atoms with E-state index in [1.54, 1.807) is 35.2 Å². The fraction of sp³-hybridized carbons (Fsp3) is 0.250. The van der Waals surface area contributed by atoms with Crippen LogP contribution in [0, 0.1) is 11.7 Å². The second-order valence-corrected chi connectivity index (χ2v) is 7.36. The summed E-state index contributed by atoms with van der Waals surface area (Å²) in [6, 6.07) is 13.2. The normalized spacial score (nSPS) is 10.9. The number of carbonyl (C=O) groups is 1. The van der Waals surface area contributed by atoms with Crippen LogP contribution in [0.2, 0.25) is 0 Å². The molecule has 5 nitrogen and oxygen atoms in total. The number of benzene rings is 2. The number of ether oxygens (including phenoxy) is 1. The number of hydrogen-bond acceptors (Lipinski definition) is 5. The van der Waals surface area contributed by atoms with Gasteiger partial charge in [-0.2, -0.15) is 0 Å². The van der Waals surface area contributed by atoms with Gasteiger partial charge in [0.15, 0.2) is 0 Å². The Bertz CT molecular complexity index is 925. The van der Waals surface area contributed by atoms with Gasteiger partial charge < -0.3 is 4.74 Å². The Morgan fingerprint density at radius 2 is 1.85 bits per heavy atom. The first-order chi connectivity index (χ1) is 13.0. The molecule has 0 saturated carbocycles. The monoisotopic (exact) mass is 385 g/mol. The summed E-state index contributed by atoms with van der Waals surface area (Å²) in [7, 11) is 1.54. The Morgan fingerprint density at radius 1 is 1.15 bits per heavy atom. The number of anilines is 1. The van der Waals surface area contributed by atoms with Crippen LogP contribution in [-0.4, -0.2) is 29.8 Å². The summed E-state index contributed by atoms with van der Waals surface area (Å²) >= 11 is 1.30. The minimum absolute atomic E-state index is 0.192.